The van der Waals surface area contributed by atoms with Crippen molar-refractivity contribution in [3.8, 4) is 6.07 Å². The summed E-state index contributed by atoms with van der Waals surface area (Å²) in [5.74, 6) is 0. The predicted molar refractivity (Wildman–Crippen MR) is 69.8 cm³/mol. The summed E-state index contributed by atoms with van der Waals surface area (Å²) in [4.78, 5) is 25.1. The summed E-state index contributed by atoms with van der Waals surface area (Å²) in [6.07, 6.45) is 7.41. The molecule has 0 unspecified atom stereocenters. The van der Waals surface area contributed by atoms with E-state index in [0.29, 0.717) is 0 Å². The van der Waals surface area contributed by atoms with Crippen LogP contribution in [0.2, 0.25) is 0 Å². The van der Waals surface area contributed by atoms with Crippen molar-refractivity contribution in [1.29, 1.82) is 5.26 Å². The van der Waals surface area contributed by atoms with Crippen LogP contribution >= 0.6 is 7.82 Å². The van der Waals surface area contributed by atoms with Crippen molar-refractivity contribution in [1.82, 2.24) is 0 Å². The van der Waals surface area contributed by atoms with Gasteiger partial charge in [0.15, 0.2) is 24.8 Å². The molecule has 0 saturated carbocycles. The monoisotopic (exact) mass is 309 g/mol. The van der Waals surface area contributed by atoms with Crippen LogP contribution in [-0.4, -0.2) is 6.61 Å². The lowest BCUT2D eigenvalue weighted by atomic mass is 10.5. The van der Waals surface area contributed by atoms with Gasteiger partial charge in [0.1, 0.15) is 0 Å². The number of hydrogen-bond acceptors (Lipinski definition) is 5. The molecule has 0 aliphatic carbocycles. The van der Waals surface area contributed by atoms with Gasteiger partial charge in [-0.25, -0.2) is 9.97 Å². The van der Waals surface area contributed by atoms with Gasteiger partial charge in [-0.05, 0) is 0 Å². The molecule has 0 saturated heterocycles. The SMILES string of the molecule is N#CCCOP(=O)([O-])[O-].c1cc[nH+]cc1.c1cc[nH+]cc1. The van der Waals surface area contributed by atoms with Crippen LogP contribution in [0, 0.1) is 11.3 Å². The summed E-state index contributed by atoms with van der Waals surface area (Å²) in [6.45, 7) is -0.346. The second-order valence-electron chi connectivity index (χ2n) is 3.34. The van der Waals surface area contributed by atoms with Crippen molar-refractivity contribution in [2.45, 2.75) is 6.42 Å². The third-order valence-corrected chi connectivity index (χ3v) is 2.18. The van der Waals surface area contributed by atoms with Crippen molar-refractivity contribution in [3.63, 3.8) is 0 Å². The van der Waals surface area contributed by atoms with Gasteiger partial charge in [-0.2, -0.15) is 5.26 Å². The zero-order chi connectivity index (χ0) is 15.8. The van der Waals surface area contributed by atoms with Crippen molar-refractivity contribution < 1.29 is 28.8 Å². The molecule has 0 aromatic carbocycles. The maximum absolute atomic E-state index is 9.65. The van der Waals surface area contributed by atoms with Crippen LogP contribution in [0.5, 0.6) is 0 Å². The molecule has 2 aromatic rings. The molecule has 0 aliphatic rings. The molecule has 0 radical (unpaired) electrons. The fourth-order valence-electron chi connectivity index (χ4n) is 0.887. The number of H-pyrrole nitrogens is 2. The largest absolute Gasteiger partial charge is 0.790 e. The van der Waals surface area contributed by atoms with Gasteiger partial charge in [0.2, 0.25) is 0 Å². The third-order valence-electron chi connectivity index (χ3n) is 1.68. The zero-order valence-electron chi connectivity index (χ0n) is 11.2. The van der Waals surface area contributed by atoms with E-state index in [1.54, 1.807) is 6.07 Å². The minimum Gasteiger partial charge on any atom is -0.790 e. The van der Waals surface area contributed by atoms with Crippen molar-refractivity contribution in [2.24, 2.45) is 0 Å². The number of nitrogens with one attached hydrogen (secondary N) is 2. The van der Waals surface area contributed by atoms with E-state index in [2.05, 4.69) is 14.5 Å². The smallest absolute Gasteiger partial charge is 0.166 e. The number of phosphoric ester groups is 1. The lowest BCUT2D eigenvalue weighted by Gasteiger charge is -2.27. The molecule has 2 rings (SSSR count). The van der Waals surface area contributed by atoms with Crippen LogP contribution in [0.15, 0.2) is 61.2 Å². The first kappa shape index (κ1) is 18.9. The molecular weight excluding hydrogens is 293 g/mol. The summed E-state index contributed by atoms with van der Waals surface area (Å²) in [7, 11) is -4.85. The molecule has 0 bridgehead atoms. The van der Waals surface area contributed by atoms with Crippen molar-refractivity contribution in [2.75, 3.05) is 6.61 Å². The first-order valence-electron chi connectivity index (χ1n) is 5.92. The fourth-order valence-corrected chi connectivity index (χ4v) is 1.20. The van der Waals surface area contributed by atoms with Gasteiger partial charge in [-0.1, -0.05) is 12.1 Å². The molecule has 8 heteroatoms. The highest BCUT2D eigenvalue weighted by Crippen LogP contribution is 2.23. The standard InChI is InChI=1S/2C5H5N.C3H6NO4P/c2*1-2-4-6-5-3-1;4-2-1-3-8-9(5,6)7/h2*1-5H;1,3H2,(H2,5,6,7). The van der Waals surface area contributed by atoms with E-state index in [-0.39, 0.29) is 13.0 Å². The second-order valence-corrected chi connectivity index (χ2v) is 4.50. The van der Waals surface area contributed by atoms with Crippen LogP contribution in [-0.2, 0) is 9.09 Å². The number of hydrogen-bond donors (Lipinski definition) is 0. The molecule has 2 aromatic heterocycles. The Morgan fingerprint density at radius 1 is 0.952 bits per heavy atom. The van der Waals surface area contributed by atoms with E-state index < -0.39 is 7.82 Å². The molecule has 2 N–H and O–H groups in total. The number of nitriles is 1. The van der Waals surface area contributed by atoms with Crippen molar-refractivity contribution in [3.05, 3.63) is 61.2 Å². The van der Waals surface area contributed by atoms with E-state index in [9.17, 15) is 14.4 Å². The summed E-state index contributed by atoms with van der Waals surface area (Å²) in [5, 5.41) is 7.84. The van der Waals surface area contributed by atoms with Crippen LogP contribution in [0.4, 0.5) is 0 Å². The average molecular weight is 309 g/mol. The minimum absolute atomic E-state index is 0.0888. The first-order chi connectivity index (χ1) is 10.1. The third kappa shape index (κ3) is 17.9. The lowest BCUT2D eigenvalue weighted by molar-refractivity contribution is -0.378. The minimum atomic E-state index is -4.85. The highest BCUT2D eigenvalue weighted by molar-refractivity contribution is 7.43. The van der Waals surface area contributed by atoms with E-state index in [1.165, 1.54) is 0 Å². The predicted octanol–water partition coefficient (Wildman–Crippen LogP) is -0.253. The van der Waals surface area contributed by atoms with E-state index >= 15 is 0 Å². The summed E-state index contributed by atoms with van der Waals surface area (Å²) in [5.41, 5.74) is 0. The zero-order valence-corrected chi connectivity index (χ0v) is 12.1. The topological polar surface area (TPSA) is 124 Å². The average Bonchev–Trinajstić information content (AvgIpc) is 2.51. The lowest BCUT2D eigenvalue weighted by Crippen LogP contribution is -2.16. The molecule has 2 heterocycles. The Hall–Kier alpha value is -2.10. The van der Waals surface area contributed by atoms with Gasteiger partial charge in [-0.3, -0.25) is 0 Å². The molecule has 0 atom stereocenters. The molecular formula is C13H16N3O4P. The van der Waals surface area contributed by atoms with Crippen LogP contribution in [0.3, 0.4) is 0 Å². The van der Waals surface area contributed by atoms with Crippen LogP contribution in [0.25, 0.3) is 0 Å². The number of pyridine rings is 2. The van der Waals surface area contributed by atoms with Gasteiger partial charge >= 0.3 is 0 Å². The Morgan fingerprint density at radius 2 is 1.38 bits per heavy atom. The van der Waals surface area contributed by atoms with E-state index in [4.69, 9.17) is 5.26 Å². The Labute approximate surface area is 123 Å². The molecule has 21 heavy (non-hydrogen) atoms. The molecule has 0 spiro atoms. The number of aromatic amines is 2. The number of rotatable bonds is 3. The molecule has 0 amide bonds. The van der Waals surface area contributed by atoms with Crippen LogP contribution < -0.4 is 19.8 Å². The summed E-state index contributed by atoms with van der Waals surface area (Å²) < 4.78 is 13.3. The van der Waals surface area contributed by atoms with Gasteiger partial charge < -0.3 is 18.9 Å². The maximum Gasteiger partial charge on any atom is 0.166 e. The highest BCUT2D eigenvalue weighted by Gasteiger charge is 1.88. The first-order valence-corrected chi connectivity index (χ1v) is 7.38. The number of aromatic nitrogens is 2. The van der Waals surface area contributed by atoms with Crippen LogP contribution in [0.1, 0.15) is 6.42 Å². The van der Waals surface area contributed by atoms with E-state index in [0.717, 1.165) is 0 Å². The number of nitrogens with zero attached hydrogens (tertiary/aromatic N) is 1. The van der Waals surface area contributed by atoms with Gasteiger partial charge in [0.05, 0.1) is 26.9 Å². The van der Waals surface area contributed by atoms with Gasteiger partial charge in [-0.15, -0.1) is 0 Å². The Morgan fingerprint density at radius 3 is 1.57 bits per heavy atom. The maximum atomic E-state index is 9.65. The fraction of sp³-hybridized carbons (Fsp3) is 0.154. The summed E-state index contributed by atoms with van der Waals surface area (Å²) >= 11 is 0. The normalized spacial score (nSPS) is 9.19. The van der Waals surface area contributed by atoms with Gasteiger partial charge in [0.25, 0.3) is 0 Å². The molecule has 0 aliphatic heterocycles. The Kier molecular flexibility index (Phi) is 11.6. The Bertz CT molecular complexity index is 443. The second kappa shape index (κ2) is 12.9. The van der Waals surface area contributed by atoms with Crippen molar-refractivity contribution >= 4 is 7.82 Å². The molecule has 7 nitrogen and oxygen atoms in total. The highest BCUT2D eigenvalue weighted by atomic mass is 31.2. The van der Waals surface area contributed by atoms with Gasteiger partial charge in [0, 0.05) is 24.3 Å². The number of phosphoric acid groups is 1. The summed E-state index contributed by atoms with van der Waals surface area (Å²) in [6, 6.07) is 13.3. The quantitative estimate of drug-likeness (QED) is 0.571. The molecule has 0 fully saturated rings. The van der Waals surface area contributed by atoms with E-state index in [1.807, 2.05) is 61.2 Å². The molecule has 112 valence electrons. The Balaban J connectivity index is 0.000000293.